The van der Waals surface area contributed by atoms with Crippen molar-refractivity contribution in [3.8, 4) is 5.69 Å². The first-order chi connectivity index (χ1) is 9.29. The minimum Gasteiger partial charge on any atom is -0.383 e. The molecule has 0 aliphatic carbocycles. The van der Waals surface area contributed by atoms with Crippen molar-refractivity contribution in [3.63, 3.8) is 0 Å². The van der Waals surface area contributed by atoms with Crippen molar-refractivity contribution in [2.75, 3.05) is 5.32 Å². The van der Waals surface area contributed by atoms with Gasteiger partial charge in [-0.1, -0.05) is 32.3 Å². The molecule has 19 heavy (non-hydrogen) atoms. The maximum Gasteiger partial charge on any atom is 0.0991 e. The summed E-state index contributed by atoms with van der Waals surface area (Å²) in [5, 5.41) is 3.57. The fraction of sp³-hybridized carbons (Fsp3) is 0.438. The van der Waals surface area contributed by atoms with E-state index in [1.165, 1.54) is 31.4 Å². The predicted molar refractivity (Wildman–Crippen MR) is 80.8 cm³/mol. The molecular weight excluding hydrogens is 234 g/mol. The Balaban J connectivity index is 1.95. The lowest BCUT2D eigenvalue weighted by Gasteiger charge is -2.16. The summed E-state index contributed by atoms with van der Waals surface area (Å²) in [4.78, 5) is 4.08. The lowest BCUT2D eigenvalue weighted by Crippen LogP contribution is -2.14. The first-order valence-corrected chi connectivity index (χ1v) is 7.14. The Morgan fingerprint density at radius 2 is 2.21 bits per heavy atom. The number of hydrogen-bond acceptors (Lipinski definition) is 2. The minimum atomic E-state index is 0.518. The molecule has 1 heterocycles. The standard InChI is InChI=1S/C16H23N3/c1-3-4-5-7-14(2)18-15-8-6-9-16(12-15)19-11-10-17-13-19/h6,8-14,18H,3-5,7H2,1-2H3. The largest absolute Gasteiger partial charge is 0.383 e. The highest BCUT2D eigenvalue weighted by Gasteiger charge is 2.03. The van der Waals surface area contributed by atoms with Crippen molar-refractivity contribution in [3.05, 3.63) is 43.0 Å². The highest BCUT2D eigenvalue weighted by Crippen LogP contribution is 2.16. The Kier molecular flexibility index (Phi) is 5.01. The molecule has 1 aromatic heterocycles. The van der Waals surface area contributed by atoms with Crippen LogP contribution in [-0.2, 0) is 0 Å². The Bertz CT molecular complexity index is 476. The van der Waals surface area contributed by atoms with Gasteiger partial charge < -0.3 is 9.88 Å². The molecule has 102 valence electrons. The van der Waals surface area contributed by atoms with Gasteiger partial charge in [-0.3, -0.25) is 0 Å². The van der Waals surface area contributed by atoms with Gasteiger partial charge in [0.2, 0.25) is 0 Å². The van der Waals surface area contributed by atoms with Crippen LogP contribution in [-0.4, -0.2) is 15.6 Å². The summed E-state index contributed by atoms with van der Waals surface area (Å²) < 4.78 is 2.02. The highest BCUT2D eigenvalue weighted by molar-refractivity contribution is 5.51. The first kappa shape index (κ1) is 13.7. The normalized spacial score (nSPS) is 12.3. The van der Waals surface area contributed by atoms with Crippen LogP contribution in [0.2, 0.25) is 0 Å². The van der Waals surface area contributed by atoms with Gasteiger partial charge in [0.05, 0.1) is 6.33 Å². The van der Waals surface area contributed by atoms with Gasteiger partial charge in [0.1, 0.15) is 0 Å². The van der Waals surface area contributed by atoms with Gasteiger partial charge in [-0.25, -0.2) is 4.98 Å². The SMILES string of the molecule is CCCCCC(C)Nc1cccc(-n2ccnc2)c1. The summed E-state index contributed by atoms with van der Waals surface area (Å²) >= 11 is 0. The van der Waals surface area contributed by atoms with Crippen molar-refractivity contribution in [2.45, 2.75) is 45.6 Å². The van der Waals surface area contributed by atoms with Crippen molar-refractivity contribution < 1.29 is 0 Å². The van der Waals surface area contributed by atoms with Crippen LogP contribution in [0.4, 0.5) is 5.69 Å². The van der Waals surface area contributed by atoms with Crippen LogP contribution in [0.25, 0.3) is 5.69 Å². The topological polar surface area (TPSA) is 29.9 Å². The lowest BCUT2D eigenvalue weighted by molar-refractivity contribution is 0.615. The average molecular weight is 257 g/mol. The van der Waals surface area contributed by atoms with Gasteiger partial charge in [0.15, 0.2) is 0 Å². The third kappa shape index (κ3) is 4.12. The minimum absolute atomic E-state index is 0.518. The van der Waals surface area contributed by atoms with Crippen LogP contribution < -0.4 is 5.32 Å². The molecule has 0 aliphatic rings. The number of nitrogens with zero attached hydrogens (tertiary/aromatic N) is 2. The second-order valence-electron chi connectivity index (χ2n) is 5.06. The molecule has 0 aliphatic heterocycles. The van der Waals surface area contributed by atoms with E-state index in [2.05, 4.69) is 48.4 Å². The Morgan fingerprint density at radius 3 is 2.95 bits per heavy atom. The Labute approximate surface area is 115 Å². The van der Waals surface area contributed by atoms with Crippen LogP contribution >= 0.6 is 0 Å². The molecular formula is C16H23N3. The molecule has 3 heteroatoms. The lowest BCUT2D eigenvalue weighted by atomic mass is 10.1. The molecule has 0 fully saturated rings. The molecule has 0 spiro atoms. The number of unbranched alkanes of at least 4 members (excludes halogenated alkanes) is 2. The third-order valence-corrected chi connectivity index (χ3v) is 3.30. The van der Waals surface area contributed by atoms with E-state index in [0.717, 1.165) is 5.69 Å². The van der Waals surface area contributed by atoms with Gasteiger partial charge in [0.25, 0.3) is 0 Å². The van der Waals surface area contributed by atoms with Gasteiger partial charge in [-0.15, -0.1) is 0 Å². The zero-order valence-corrected chi connectivity index (χ0v) is 11.8. The van der Waals surface area contributed by atoms with Crippen LogP contribution in [0, 0.1) is 0 Å². The molecule has 1 atom stereocenters. The van der Waals surface area contributed by atoms with Gasteiger partial charge >= 0.3 is 0 Å². The number of rotatable bonds is 7. The molecule has 0 radical (unpaired) electrons. The van der Waals surface area contributed by atoms with Crippen molar-refractivity contribution in [1.29, 1.82) is 0 Å². The number of hydrogen-bond donors (Lipinski definition) is 1. The summed E-state index contributed by atoms with van der Waals surface area (Å²) in [6.07, 6.45) is 10.7. The van der Waals surface area contributed by atoms with E-state index in [1.54, 1.807) is 6.20 Å². The maximum atomic E-state index is 4.08. The van der Waals surface area contributed by atoms with E-state index in [1.807, 2.05) is 17.1 Å². The van der Waals surface area contributed by atoms with Gasteiger partial charge in [0, 0.05) is 29.8 Å². The summed E-state index contributed by atoms with van der Waals surface area (Å²) in [6.45, 7) is 4.49. The zero-order valence-electron chi connectivity index (χ0n) is 11.8. The van der Waals surface area contributed by atoms with E-state index in [4.69, 9.17) is 0 Å². The van der Waals surface area contributed by atoms with E-state index < -0.39 is 0 Å². The predicted octanol–water partition coefficient (Wildman–Crippen LogP) is 4.25. The molecule has 0 bridgehead atoms. The molecule has 0 saturated carbocycles. The fourth-order valence-electron chi connectivity index (χ4n) is 2.23. The van der Waals surface area contributed by atoms with E-state index in [0.29, 0.717) is 6.04 Å². The smallest absolute Gasteiger partial charge is 0.0991 e. The van der Waals surface area contributed by atoms with Crippen LogP contribution in [0.15, 0.2) is 43.0 Å². The molecule has 0 amide bonds. The molecule has 3 nitrogen and oxygen atoms in total. The molecule has 1 N–H and O–H groups in total. The second-order valence-corrected chi connectivity index (χ2v) is 5.06. The number of nitrogens with one attached hydrogen (secondary N) is 1. The maximum absolute atomic E-state index is 4.08. The molecule has 1 aromatic carbocycles. The number of aromatic nitrogens is 2. The summed E-state index contributed by atoms with van der Waals surface area (Å²) in [6, 6.07) is 8.98. The van der Waals surface area contributed by atoms with E-state index in [-0.39, 0.29) is 0 Å². The second kappa shape index (κ2) is 6.98. The molecule has 2 aromatic rings. The van der Waals surface area contributed by atoms with Crippen LogP contribution in [0.3, 0.4) is 0 Å². The quantitative estimate of drug-likeness (QED) is 0.751. The van der Waals surface area contributed by atoms with Crippen LogP contribution in [0.1, 0.15) is 39.5 Å². The average Bonchev–Trinajstić information content (AvgIpc) is 2.93. The first-order valence-electron chi connectivity index (χ1n) is 7.14. The van der Waals surface area contributed by atoms with Crippen LogP contribution in [0.5, 0.6) is 0 Å². The van der Waals surface area contributed by atoms with Crippen molar-refractivity contribution in [2.24, 2.45) is 0 Å². The molecule has 1 unspecified atom stereocenters. The Hall–Kier alpha value is -1.77. The Morgan fingerprint density at radius 1 is 1.32 bits per heavy atom. The number of imidazole rings is 1. The number of benzene rings is 1. The van der Waals surface area contributed by atoms with Crippen molar-refractivity contribution >= 4 is 5.69 Å². The molecule has 0 saturated heterocycles. The van der Waals surface area contributed by atoms with Gasteiger partial charge in [-0.05, 0) is 31.5 Å². The summed E-state index contributed by atoms with van der Waals surface area (Å²) in [7, 11) is 0. The van der Waals surface area contributed by atoms with Crippen molar-refractivity contribution in [1.82, 2.24) is 9.55 Å². The zero-order chi connectivity index (χ0) is 13.5. The molecule has 2 rings (SSSR count). The third-order valence-electron chi connectivity index (χ3n) is 3.30. The fourth-order valence-corrected chi connectivity index (χ4v) is 2.23. The van der Waals surface area contributed by atoms with E-state index in [9.17, 15) is 0 Å². The van der Waals surface area contributed by atoms with E-state index >= 15 is 0 Å². The highest BCUT2D eigenvalue weighted by atomic mass is 15.0. The van der Waals surface area contributed by atoms with Gasteiger partial charge in [-0.2, -0.15) is 0 Å². The monoisotopic (exact) mass is 257 g/mol. The summed E-state index contributed by atoms with van der Waals surface area (Å²) in [5.74, 6) is 0. The summed E-state index contributed by atoms with van der Waals surface area (Å²) in [5.41, 5.74) is 2.32. The number of anilines is 1.